The Labute approximate surface area is 98.5 Å². The first-order chi connectivity index (χ1) is 8.02. The molecule has 0 amide bonds. The molecule has 0 fully saturated rings. The Bertz CT molecular complexity index is 466. The topological polar surface area (TPSA) is 89.6 Å². The van der Waals surface area contributed by atoms with Crippen molar-refractivity contribution in [2.24, 2.45) is 0 Å². The lowest BCUT2D eigenvalue weighted by Crippen LogP contribution is -1.99. The fourth-order valence-electron chi connectivity index (χ4n) is 1.27. The number of carboxylic acid groups (broad SMARTS) is 1. The molecule has 0 aliphatic heterocycles. The van der Waals surface area contributed by atoms with Gasteiger partial charge < -0.3 is 15.6 Å². The third-order valence-electron chi connectivity index (χ3n) is 2.05. The van der Waals surface area contributed by atoms with Gasteiger partial charge in [-0.2, -0.15) is 0 Å². The van der Waals surface area contributed by atoms with E-state index in [9.17, 15) is 9.59 Å². The van der Waals surface area contributed by atoms with Crippen LogP contribution in [0.5, 0.6) is 0 Å². The zero-order chi connectivity index (χ0) is 12.8. The maximum absolute atomic E-state index is 10.9. The zero-order valence-corrected chi connectivity index (χ0v) is 9.34. The number of hydrogen-bond donors (Lipinski definition) is 2. The van der Waals surface area contributed by atoms with E-state index in [-0.39, 0.29) is 18.0 Å². The zero-order valence-electron chi connectivity index (χ0n) is 9.34. The van der Waals surface area contributed by atoms with Gasteiger partial charge in [0.2, 0.25) is 0 Å². The fourth-order valence-corrected chi connectivity index (χ4v) is 1.27. The van der Waals surface area contributed by atoms with Gasteiger partial charge in [0, 0.05) is 5.69 Å². The van der Waals surface area contributed by atoms with E-state index >= 15 is 0 Å². The minimum absolute atomic E-state index is 0.114. The highest BCUT2D eigenvalue weighted by atomic mass is 16.5. The molecule has 0 saturated carbocycles. The second-order valence-electron chi connectivity index (χ2n) is 3.38. The van der Waals surface area contributed by atoms with Crippen LogP contribution in [0.3, 0.4) is 0 Å². The van der Waals surface area contributed by atoms with E-state index in [4.69, 9.17) is 10.8 Å². The number of benzene rings is 1. The van der Waals surface area contributed by atoms with E-state index < -0.39 is 5.97 Å². The molecule has 1 rings (SSSR count). The molecule has 17 heavy (non-hydrogen) atoms. The molecule has 0 aromatic heterocycles. The van der Waals surface area contributed by atoms with Gasteiger partial charge in [-0.15, -0.1) is 0 Å². The maximum atomic E-state index is 10.9. The fraction of sp³-hybridized carbons (Fsp3) is 0.167. The summed E-state index contributed by atoms with van der Waals surface area (Å²) >= 11 is 0. The molecule has 5 heteroatoms. The van der Waals surface area contributed by atoms with Crippen molar-refractivity contribution in [3.8, 4) is 0 Å². The summed E-state index contributed by atoms with van der Waals surface area (Å²) in [4.78, 5) is 21.6. The third-order valence-corrected chi connectivity index (χ3v) is 2.05. The smallest absolute Gasteiger partial charge is 0.335 e. The van der Waals surface area contributed by atoms with Crippen molar-refractivity contribution in [3.63, 3.8) is 0 Å². The van der Waals surface area contributed by atoms with Crippen LogP contribution in [0.15, 0.2) is 24.3 Å². The molecular weight excluding hydrogens is 222 g/mol. The molecule has 0 bridgehead atoms. The molecule has 0 unspecified atom stereocenters. The molecule has 90 valence electrons. The number of anilines is 1. The number of nitrogens with two attached hydrogens (primary N) is 1. The number of rotatable bonds is 4. The van der Waals surface area contributed by atoms with Gasteiger partial charge in [-0.1, -0.05) is 12.2 Å². The molecule has 0 spiro atoms. The Balaban J connectivity index is 2.84. The van der Waals surface area contributed by atoms with Crippen LogP contribution in [0, 0.1) is 0 Å². The Kier molecular flexibility index (Phi) is 4.28. The number of methoxy groups -OCH3 is 1. The third kappa shape index (κ3) is 3.98. The lowest BCUT2D eigenvalue weighted by Gasteiger charge is -2.00. The Morgan fingerprint density at radius 3 is 2.71 bits per heavy atom. The quantitative estimate of drug-likeness (QED) is 0.610. The average Bonchev–Trinajstić information content (AvgIpc) is 2.28. The van der Waals surface area contributed by atoms with Crippen LogP contribution >= 0.6 is 0 Å². The van der Waals surface area contributed by atoms with E-state index in [0.29, 0.717) is 11.3 Å². The van der Waals surface area contributed by atoms with Gasteiger partial charge in [-0.05, 0) is 23.8 Å². The lowest BCUT2D eigenvalue weighted by atomic mass is 10.1. The number of hydrogen-bond acceptors (Lipinski definition) is 4. The number of nitrogen functional groups attached to an aromatic ring is 1. The lowest BCUT2D eigenvalue weighted by molar-refractivity contribution is -0.139. The summed E-state index contributed by atoms with van der Waals surface area (Å²) in [6, 6.07) is 4.48. The van der Waals surface area contributed by atoms with Crippen molar-refractivity contribution in [1.82, 2.24) is 0 Å². The summed E-state index contributed by atoms with van der Waals surface area (Å²) in [6.45, 7) is 0. The summed E-state index contributed by atoms with van der Waals surface area (Å²) in [5, 5.41) is 8.83. The first-order valence-electron chi connectivity index (χ1n) is 4.90. The van der Waals surface area contributed by atoms with Gasteiger partial charge in [-0.3, -0.25) is 4.79 Å². The maximum Gasteiger partial charge on any atom is 0.335 e. The number of esters is 1. The minimum atomic E-state index is -1.04. The number of ether oxygens (including phenoxy) is 1. The predicted molar refractivity (Wildman–Crippen MR) is 63.5 cm³/mol. The van der Waals surface area contributed by atoms with Crippen molar-refractivity contribution in [1.29, 1.82) is 0 Å². The molecule has 0 radical (unpaired) electrons. The first kappa shape index (κ1) is 12.8. The molecule has 1 aromatic rings. The molecule has 1 aromatic carbocycles. The van der Waals surface area contributed by atoms with E-state index in [2.05, 4.69) is 4.74 Å². The van der Waals surface area contributed by atoms with Gasteiger partial charge in [0.25, 0.3) is 0 Å². The molecule has 5 nitrogen and oxygen atoms in total. The summed E-state index contributed by atoms with van der Waals surface area (Å²) in [7, 11) is 1.30. The van der Waals surface area contributed by atoms with Crippen molar-refractivity contribution >= 4 is 23.7 Å². The molecule has 0 aliphatic rings. The molecule has 0 atom stereocenters. The summed E-state index contributed by atoms with van der Waals surface area (Å²) in [5.74, 6) is -1.40. The normalized spacial score (nSPS) is 10.4. The second kappa shape index (κ2) is 5.69. The van der Waals surface area contributed by atoms with Crippen molar-refractivity contribution in [2.45, 2.75) is 6.42 Å². The summed E-state index contributed by atoms with van der Waals surface area (Å²) < 4.78 is 4.46. The van der Waals surface area contributed by atoms with Crippen LogP contribution in [0.4, 0.5) is 5.69 Å². The number of carbonyl (C=O) groups is 2. The highest BCUT2D eigenvalue weighted by Crippen LogP contribution is 2.14. The van der Waals surface area contributed by atoms with E-state index in [1.54, 1.807) is 18.2 Å². The largest absolute Gasteiger partial charge is 0.478 e. The molecular formula is C12H13NO4. The average molecular weight is 235 g/mol. The monoisotopic (exact) mass is 235 g/mol. The van der Waals surface area contributed by atoms with Crippen LogP contribution in [-0.2, 0) is 9.53 Å². The van der Waals surface area contributed by atoms with Gasteiger partial charge >= 0.3 is 11.9 Å². The second-order valence-corrected chi connectivity index (χ2v) is 3.38. The van der Waals surface area contributed by atoms with E-state index in [0.717, 1.165) is 0 Å². The van der Waals surface area contributed by atoms with Crippen LogP contribution in [0.1, 0.15) is 22.3 Å². The predicted octanol–water partition coefficient (Wildman–Crippen LogP) is 1.54. The molecule has 3 N–H and O–H groups in total. The minimum Gasteiger partial charge on any atom is -0.478 e. The van der Waals surface area contributed by atoms with Crippen molar-refractivity contribution < 1.29 is 19.4 Å². The number of carbonyl (C=O) groups excluding carboxylic acids is 1. The molecule has 0 heterocycles. The van der Waals surface area contributed by atoms with E-state index in [1.807, 2.05) is 0 Å². The first-order valence-corrected chi connectivity index (χ1v) is 4.90. The van der Waals surface area contributed by atoms with Gasteiger partial charge in [0.15, 0.2) is 0 Å². The van der Waals surface area contributed by atoms with Crippen molar-refractivity contribution in [3.05, 3.63) is 35.4 Å². The van der Waals surface area contributed by atoms with Crippen LogP contribution < -0.4 is 5.73 Å². The Morgan fingerprint density at radius 2 is 2.12 bits per heavy atom. The van der Waals surface area contributed by atoms with Gasteiger partial charge in [-0.25, -0.2) is 4.79 Å². The van der Waals surface area contributed by atoms with Crippen LogP contribution in [-0.4, -0.2) is 24.2 Å². The standard InChI is InChI=1S/C12H13NO4/c1-17-11(14)4-2-3-8-5-9(12(15)16)7-10(13)6-8/h2-3,5-7H,4,13H2,1H3,(H,15,16). The van der Waals surface area contributed by atoms with Crippen LogP contribution in [0.25, 0.3) is 6.08 Å². The Hall–Kier alpha value is -2.30. The van der Waals surface area contributed by atoms with Crippen molar-refractivity contribution in [2.75, 3.05) is 12.8 Å². The van der Waals surface area contributed by atoms with Gasteiger partial charge in [0.1, 0.15) is 0 Å². The van der Waals surface area contributed by atoms with E-state index in [1.165, 1.54) is 19.2 Å². The van der Waals surface area contributed by atoms with Gasteiger partial charge in [0.05, 0.1) is 19.1 Å². The summed E-state index contributed by atoms with van der Waals surface area (Å²) in [6.07, 6.45) is 3.35. The molecule has 0 saturated heterocycles. The highest BCUT2D eigenvalue weighted by Gasteiger charge is 2.04. The Morgan fingerprint density at radius 1 is 1.41 bits per heavy atom. The highest BCUT2D eigenvalue weighted by molar-refractivity contribution is 5.89. The number of aromatic carboxylic acids is 1. The molecule has 0 aliphatic carbocycles. The van der Waals surface area contributed by atoms with Crippen LogP contribution in [0.2, 0.25) is 0 Å². The SMILES string of the molecule is COC(=O)CC=Cc1cc(N)cc(C(=O)O)c1. The number of carboxylic acids is 1. The summed E-state index contributed by atoms with van der Waals surface area (Å²) in [5.41, 5.74) is 6.67.